The number of anilines is 2. The van der Waals surface area contributed by atoms with Crippen LogP contribution in [-0.2, 0) is 12.4 Å². The molecule has 2 rings (SSSR count). The van der Waals surface area contributed by atoms with Crippen LogP contribution in [0.1, 0.15) is 11.1 Å². The molecular formula is C12H7F6NS. The van der Waals surface area contributed by atoms with Crippen LogP contribution in [0.2, 0.25) is 0 Å². The third kappa shape index (κ3) is 3.24. The Morgan fingerprint density at radius 2 is 1.60 bits per heavy atom. The number of thiophene rings is 1. The van der Waals surface area contributed by atoms with Crippen molar-refractivity contribution in [1.82, 2.24) is 0 Å². The van der Waals surface area contributed by atoms with Crippen LogP contribution in [-0.4, -0.2) is 0 Å². The number of halogens is 6. The molecule has 0 aliphatic heterocycles. The molecule has 20 heavy (non-hydrogen) atoms. The topological polar surface area (TPSA) is 12.0 Å². The van der Waals surface area contributed by atoms with Crippen LogP contribution in [0, 0.1) is 0 Å². The number of hydrogen-bond acceptors (Lipinski definition) is 2. The van der Waals surface area contributed by atoms with Crippen molar-refractivity contribution in [2.24, 2.45) is 0 Å². The third-order valence-electron chi connectivity index (χ3n) is 2.45. The molecule has 0 amide bonds. The minimum Gasteiger partial charge on any atom is -0.354 e. The van der Waals surface area contributed by atoms with Crippen LogP contribution in [0.25, 0.3) is 0 Å². The van der Waals surface area contributed by atoms with Crippen molar-refractivity contribution in [3.63, 3.8) is 0 Å². The summed E-state index contributed by atoms with van der Waals surface area (Å²) in [6.07, 6.45) is -9.69. The summed E-state index contributed by atoms with van der Waals surface area (Å²) in [4.78, 5) is 0. The zero-order valence-electron chi connectivity index (χ0n) is 9.64. The average molecular weight is 311 g/mol. The quantitative estimate of drug-likeness (QED) is 0.719. The second-order valence-electron chi connectivity index (χ2n) is 3.89. The van der Waals surface area contributed by atoms with Gasteiger partial charge in [-0.25, -0.2) is 0 Å². The lowest BCUT2D eigenvalue weighted by atomic mass is 10.1. The van der Waals surface area contributed by atoms with Gasteiger partial charge >= 0.3 is 12.4 Å². The normalized spacial score (nSPS) is 12.5. The SMILES string of the molecule is FC(F)(F)c1ccc(Nc2ccsc2)c(C(F)(F)F)c1. The fourth-order valence-electron chi connectivity index (χ4n) is 1.56. The highest BCUT2D eigenvalue weighted by Crippen LogP contribution is 2.40. The Kier molecular flexibility index (Phi) is 3.68. The molecule has 0 aliphatic carbocycles. The molecule has 0 saturated heterocycles. The van der Waals surface area contributed by atoms with E-state index in [0.29, 0.717) is 11.8 Å². The Balaban J connectivity index is 2.46. The van der Waals surface area contributed by atoms with Gasteiger partial charge in [0.05, 0.1) is 16.8 Å². The van der Waals surface area contributed by atoms with E-state index >= 15 is 0 Å². The maximum Gasteiger partial charge on any atom is 0.418 e. The van der Waals surface area contributed by atoms with E-state index in [1.54, 1.807) is 10.8 Å². The summed E-state index contributed by atoms with van der Waals surface area (Å²) in [5.74, 6) is 0. The summed E-state index contributed by atoms with van der Waals surface area (Å²) < 4.78 is 76.0. The molecule has 1 nitrogen and oxygen atoms in total. The van der Waals surface area contributed by atoms with Gasteiger partial charge in [0.1, 0.15) is 0 Å². The molecule has 0 saturated carbocycles. The van der Waals surface area contributed by atoms with Crippen LogP contribution in [0.4, 0.5) is 37.7 Å². The maximum atomic E-state index is 12.8. The fraction of sp³-hybridized carbons (Fsp3) is 0.167. The van der Waals surface area contributed by atoms with Crippen LogP contribution in [0.15, 0.2) is 35.0 Å². The van der Waals surface area contributed by atoms with Gasteiger partial charge in [0, 0.05) is 11.1 Å². The van der Waals surface area contributed by atoms with Crippen LogP contribution in [0.5, 0.6) is 0 Å². The van der Waals surface area contributed by atoms with Gasteiger partial charge in [0.25, 0.3) is 0 Å². The van der Waals surface area contributed by atoms with Gasteiger partial charge in [-0.2, -0.15) is 37.7 Å². The predicted octanol–water partition coefficient (Wildman–Crippen LogP) is 5.53. The van der Waals surface area contributed by atoms with Gasteiger partial charge in [-0.1, -0.05) is 0 Å². The third-order valence-corrected chi connectivity index (χ3v) is 3.14. The first-order chi connectivity index (χ1) is 9.18. The van der Waals surface area contributed by atoms with Gasteiger partial charge in [0.2, 0.25) is 0 Å². The minimum atomic E-state index is -4.88. The predicted molar refractivity (Wildman–Crippen MR) is 64.0 cm³/mol. The van der Waals surface area contributed by atoms with E-state index in [0.717, 1.165) is 6.07 Å². The first-order valence-corrected chi connectivity index (χ1v) is 6.20. The highest BCUT2D eigenvalue weighted by atomic mass is 32.1. The van der Waals surface area contributed by atoms with E-state index in [-0.39, 0.29) is 6.07 Å². The zero-order chi connectivity index (χ0) is 15.0. The van der Waals surface area contributed by atoms with E-state index in [2.05, 4.69) is 5.32 Å². The summed E-state index contributed by atoms with van der Waals surface area (Å²) in [6.45, 7) is 0. The van der Waals surface area contributed by atoms with Crippen molar-refractivity contribution in [3.05, 3.63) is 46.2 Å². The monoisotopic (exact) mass is 311 g/mol. The lowest BCUT2D eigenvalue weighted by Crippen LogP contribution is -2.12. The Hall–Kier alpha value is -1.70. The average Bonchev–Trinajstić information content (AvgIpc) is 2.79. The fourth-order valence-corrected chi connectivity index (χ4v) is 2.14. The Bertz CT molecular complexity index is 585. The highest BCUT2D eigenvalue weighted by molar-refractivity contribution is 7.08. The molecule has 0 unspecified atom stereocenters. The van der Waals surface area contributed by atoms with Gasteiger partial charge in [-0.15, -0.1) is 0 Å². The van der Waals surface area contributed by atoms with Crippen LogP contribution < -0.4 is 5.32 Å². The largest absolute Gasteiger partial charge is 0.418 e. The smallest absolute Gasteiger partial charge is 0.354 e. The van der Waals surface area contributed by atoms with E-state index < -0.39 is 29.2 Å². The van der Waals surface area contributed by atoms with Crippen molar-refractivity contribution in [2.75, 3.05) is 5.32 Å². The number of hydrogen-bond donors (Lipinski definition) is 1. The molecule has 0 radical (unpaired) electrons. The molecule has 2 aromatic rings. The molecule has 0 aliphatic rings. The maximum absolute atomic E-state index is 12.8. The summed E-state index contributed by atoms with van der Waals surface area (Å²) in [6, 6.07) is 3.03. The molecule has 108 valence electrons. The molecule has 1 heterocycles. The summed E-state index contributed by atoms with van der Waals surface area (Å²) in [7, 11) is 0. The van der Waals surface area contributed by atoms with Crippen molar-refractivity contribution >= 4 is 22.7 Å². The molecule has 1 aromatic carbocycles. The van der Waals surface area contributed by atoms with Crippen molar-refractivity contribution in [2.45, 2.75) is 12.4 Å². The Labute approximate surface area is 113 Å². The Morgan fingerprint density at radius 1 is 0.900 bits per heavy atom. The van der Waals surface area contributed by atoms with E-state index in [1.807, 2.05) is 0 Å². The second kappa shape index (κ2) is 5.01. The number of alkyl halides is 6. The molecular weight excluding hydrogens is 304 g/mol. The van der Waals surface area contributed by atoms with E-state index in [1.165, 1.54) is 17.4 Å². The van der Waals surface area contributed by atoms with Crippen molar-refractivity contribution in [3.8, 4) is 0 Å². The molecule has 0 atom stereocenters. The van der Waals surface area contributed by atoms with Crippen LogP contribution >= 0.6 is 11.3 Å². The first kappa shape index (κ1) is 14.7. The molecule has 1 aromatic heterocycles. The molecule has 8 heteroatoms. The van der Waals surface area contributed by atoms with Gasteiger partial charge < -0.3 is 5.32 Å². The molecule has 0 spiro atoms. The van der Waals surface area contributed by atoms with Gasteiger partial charge in [-0.3, -0.25) is 0 Å². The van der Waals surface area contributed by atoms with Crippen molar-refractivity contribution < 1.29 is 26.3 Å². The molecule has 0 fully saturated rings. The summed E-state index contributed by atoms with van der Waals surface area (Å²) in [5.41, 5.74) is -2.71. The standard InChI is InChI=1S/C12H7F6NS/c13-11(14,15)7-1-2-10(9(5-7)12(16,17)18)19-8-3-4-20-6-8/h1-6,19H. The zero-order valence-corrected chi connectivity index (χ0v) is 10.5. The summed E-state index contributed by atoms with van der Waals surface area (Å²) >= 11 is 1.26. The van der Waals surface area contributed by atoms with E-state index in [9.17, 15) is 26.3 Å². The van der Waals surface area contributed by atoms with Crippen LogP contribution in [0.3, 0.4) is 0 Å². The molecule has 1 N–H and O–H groups in total. The van der Waals surface area contributed by atoms with E-state index in [4.69, 9.17) is 0 Å². The number of benzene rings is 1. The Morgan fingerprint density at radius 3 is 2.10 bits per heavy atom. The number of nitrogens with one attached hydrogen (secondary N) is 1. The lowest BCUT2D eigenvalue weighted by molar-refractivity contribution is -0.142. The molecule has 0 bridgehead atoms. The highest BCUT2D eigenvalue weighted by Gasteiger charge is 2.38. The minimum absolute atomic E-state index is 0.106. The number of rotatable bonds is 2. The van der Waals surface area contributed by atoms with Crippen molar-refractivity contribution in [1.29, 1.82) is 0 Å². The van der Waals surface area contributed by atoms with Gasteiger partial charge in [-0.05, 0) is 29.6 Å². The van der Waals surface area contributed by atoms with Gasteiger partial charge in [0.15, 0.2) is 0 Å². The first-order valence-electron chi connectivity index (χ1n) is 5.25. The summed E-state index contributed by atoms with van der Waals surface area (Å²) in [5, 5.41) is 5.65. The lowest BCUT2D eigenvalue weighted by Gasteiger charge is -2.16. The second-order valence-corrected chi connectivity index (χ2v) is 4.67.